The van der Waals surface area contributed by atoms with Gasteiger partial charge in [0, 0.05) is 6.04 Å². The monoisotopic (exact) mass is 380 g/mol. The van der Waals surface area contributed by atoms with E-state index >= 15 is 0 Å². The average molecular weight is 381 g/mol. The van der Waals surface area contributed by atoms with Crippen LogP contribution < -0.4 is 10.6 Å². The van der Waals surface area contributed by atoms with Gasteiger partial charge < -0.3 is 15.7 Å². The van der Waals surface area contributed by atoms with Crippen LogP contribution in [0.5, 0.6) is 0 Å². The Hall–Kier alpha value is -2.08. The van der Waals surface area contributed by atoms with E-state index in [1.807, 2.05) is 13.8 Å². The van der Waals surface area contributed by atoms with Crippen LogP contribution in [-0.2, 0) is 9.59 Å². The van der Waals surface area contributed by atoms with E-state index in [1.54, 1.807) is 24.3 Å². The number of nitrogens with one attached hydrogen (secondary N) is 2. The van der Waals surface area contributed by atoms with Gasteiger partial charge in [0.2, 0.25) is 5.91 Å². The summed E-state index contributed by atoms with van der Waals surface area (Å²) >= 11 is 6.05. The van der Waals surface area contributed by atoms with Gasteiger partial charge in [-0.1, -0.05) is 37.6 Å². The maximum atomic E-state index is 12.6. The van der Waals surface area contributed by atoms with Crippen molar-refractivity contribution in [2.75, 3.05) is 0 Å². The number of carbonyl (C=O) groups excluding carboxylic acids is 2. The van der Waals surface area contributed by atoms with E-state index in [0.29, 0.717) is 36.3 Å². The molecule has 0 spiro atoms. The molecule has 1 aromatic carbocycles. The Bertz CT molecular complexity index is 669. The van der Waals surface area contributed by atoms with Gasteiger partial charge in [0.1, 0.15) is 6.04 Å². The van der Waals surface area contributed by atoms with Crippen molar-refractivity contribution in [2.24, 2.45) is 11.8 Å². The normalized spacial score (nSPS) is 21.1. The smallest absolute Gasteiger partial charge is 0.306 e. The quantitative estimate of drug-likeness (QED) is 0.707. The summed E-state index contributed by atoms with van der Waals surface area (Å²) in [5.74, 6) is -1.85. The second kappa shape index (κ2) is 9.03. The Morgan fingerprint density at radius 1 is 1.12 bits per heavy atom. The van der Waals surface area contributed by atoms with Crippen LogP contribution in [0.25, 0.3) is 0 Å². The van der Waals surface area contributed by atoms with Crippen molar-refractivity contribution in [3.63, 3.8) is 0 Å². The lowest BCUT2D eigenvalue weighted by Gasteiger charge is -2.29. The van der Waals surface area contributed by atoms with Crippen molar-refractivity contribution in [1.82, 2.24) is 10.6 Å². The summed E-state index contributed by atoms with van der Waals surface area (Å²) in [4.78, 5) is 36.1. The highest BCUT2D eigenvalue weighted by Gasteiger charge is 2.30. The van der Waals surface area contributed by atoms with E-state index in [2.05, 4.69) is 10.6 Å². The van der Waals surface area contributed by atoms with Gasteiger partial charge in [-0.15, -0.1) is 0 Å². The highest BCUT2D eigenvalue weighted by Crippen LogP contribution is 2.24. The molecule has 0 aliphatic heterocycles. The molecule has 1 aliphatic rings. The Morgan fingerprint density at radius 3 is 2.27 bits per heavy atom. The van der Waals surface area contributed by atoms with Crippen molar-refractivity contribution < 1.29 is 19.5 Å². The van der Waals surface area contributed by atoms with Gasteiger partial charge in [-0.25, -0.2) is 0 Å². The Morgan fingerprint density at radius 2 is 1.73 bits per heavy atom. The van der Waals surface area contributed by atoms with Gasteiger partial charge in [0.25, 0.3) is 5.91 Å². The highest BCUT2D eigenvalue weighted by molar-refractivity contribution is 6.33. The van der Waals surface area contributed by atoms with E-state index in [1.165, 1.54) is 0 Å². The maximum Gasteiger partial charge on any atom is 0.306 e. The molecular weight excluding hydrogens is 356 g/mol. The van der Waals surface area contributed by atoms with Crippen LogP contribution in [0.1, 0.15) is 49.9 Å². The average Bonchev–Trinajstić information content (AvgIpc) is 2.59. The fourth-order valence-corrected chi connectivity index (χ4v) is 3.40. The van der Waals surface area contributed by atoms with E-state index in [9.17, 15) is 14.4 Å². The van der Waals surface area contributed by atoms with Crippen molar-refractivity contribution in [3.05, 3.63) is 34.9 Å². The zero-order valence-electron chi connectivity index (χ0n) is 15.0. The molecule has 1 saturated carbocycles. The van der Waals surface area contributed by atoms with E-state index in [0.717, 1.165) is 0 Å². The maximum absolute atomic E-state index is 12.6. The van der Waals surface area contributed by atoms with Gasteiger partial charge in [0.05, 0.1) is 16.5 Å². The topological polar surface area (TPSA) is 95.5 Å². The summed E-state index contributed by atoms with van der Waals surface area (Å²) in [6.45, 7) is 3.72. The Labute approximate surface area is 158 Å². The number of rotatable bonds is 6. The molecule has 26 heavy (non-hydrogen) atoms. The molecule has 1 aromatic rings. The molecule has 0 bridgehead atoms. The third-order valence-electron chi connectivity index (χ3n) is 4.78. The minimum atomic E-state index is -0.776. The van der Waals surface area contributed by atoms with Crippen LogP contribution in [0.15, 0.2) is 24.3 Å². The Kier molecular flexibility index (Phi) is 7.03. The second-order valence-corrected chi connectivity index (χ2v) is 7.48. The summed E-state index contributed by atoms with van der Waals surface area (Å²) in [5, 5.41) is 15.1. The first kappa shape index (κ1) is 20.2. The lowest BCUT2D eigenvalue weighted by molar-refractivity contribution is -0.142. The first-order valence-corrected chi connectivity index (χ1v) is 9.26. The summed E-state index contributed by atoms with van der Waals surface area (Å²) in [5.41, 5.74) is 0.328. The molecule has 1 aliphatic carbocycles. The van der Waals surface area contributed by atoms with Crippen LogP contribution in [-0.4, -0.2) is 35.0 Å². The summed E-state index contributed by atoms with van der Waals surface area (Å²) in [6, 6.07) is 5.94. The lowest BCUT2D eigenvalue weighted by atomic mass is 9.86. The molecule has 3 N–H and O–H groups in total. The lowest BCUT2D eigenvalue weighted by Crippen LogP contribution is -2.52. The first-order chi connectivity index (χ1) is 12.3. The predicted molar refractivity (Wildman–Crippen MR) is 99.1 cm³/mol. The van der Waals surface area contributed by atoms with Crippen molar-refractivity contribution >= 4 is 29.4 Å². The number of amides is 2. The molecule has 6 nitrogen and oxygen atoms in total. The first-order valence-electron chi connectivity index (χ1n) is 8.88. The number of aliphatic carboxylic acids is 1. The number of carboxylic acids is 1. The highest BCUT2D eigenvalue weighted by atomic mass is 35.5. The van der Waals surface area contributed by atoms with Crippen molar-refractivity contribution in [1.29, 1.82) is 0 Å². The SMILES string of the molecule is CC(C)C(NC(=O)c1ccccc1Cl)C(=O)NC1CCC(C(=O)O)CC1. The van der Waals surface area contributed by atoms with Crippen molar-refractivity contribution in [2.45, 2.75) is 51.6 Å². The fourth-order valence-electron chi connectivity index (χ4n) is 3.17. The van der Waals surface area contributed by atoms with E-state index in [4.69, 9.17) is 16.7 Å². The third-order valence-corrected chi connectivity index (χ3v) is 5.11. The predicted octanol–water partition coefficient (Wildman–Crippen LogP) is 2.85. The largest absolute Gasteiger partial charge is 0.481 e. The molecule has 0 saturated heterocycles. The number of hydrogen-bond donors (Lipinski definition) is 3. The molecule has 1 fully saturated rings. The second-order valence-electron chi connectivity index (χ2n) is 7.07. The molecule has 1 atom stereocenters. The summed E-state index contributed by atoms with van der Waals surface area (Å²) in [6.07, 6.45) is 2.37. The zero-order chi connectivity index (χ0) is 19.3. The van der Waals surface area contributed by atoms with E-state index < -0.39 is 12.0 Å². The molecule has 7 heteroatoms. The van der Waals surface area contributed by atoms with Crippen LogP contribution in [0.4, 0.5) is 0 Å². The minimum Gasteiger partial charge on any atom is -0.481 e. The van der Waals surface area contributed by atoms with Crippen LogP contribution in [0.2, 0.25) is 5.02 Å². The van der Waals surface area contributed by atoms with Gasteiger partial charge >= 0.3 is 5.97 Å². The summed E-state index contributed by atoms with van der Waals surface area (Å²) < 4.78 is 0. The number of carboxylic acid groups (broad SMARTS) is 1. The molecule has 0 heterocycles. The number of carbonyl (C=O) groups is 3. The molecular formula is C19H25ClN2O4. The number of benzene rings is 1. The number of hydrogen-bond acceptors (Lipinski definition) is 3. The van der Waals surface area contributed by atoms with Crippen LogP contribution >= 0.6 is 11.6 Å². The molecule has 1 unspecified atom stereocenters. The van der Waals surface area contributed by atoms with E-state index in [-0.39, 0.29) is 29.7 Å². The summed E-state index contributed by atoms with van der Waals surface area (Å²) in [7, 11) is 0. The molecule has 2 amide bonds. The van der Waals surface area contributed by atoms with Gasteiger partial charge in [0.15, 0.2) is 0 Å². The van der Waals surface area contributed by atoms with Crippen LogP contribution in [0.3, 0.4) is 0 Å². The molecule has 0 radical (unpaired) electrons. The molecule has 2 rings (SSSR count). The van der Waals surface area contributed by atoms with Gasteiger partial charge in [-0.3, -0.25) is 14.4 Å². The zero-order valence-corrected chi connectivity index (χ0v) is 15.8. The molecule has 142 valence electrons. The third kappa shape index (κ3) is 5.21. The van der Waals surface area contributed by atoms with Crippen LogP contribution in [0, 0.1) is 11.8 Å². The number of halogens is 1. The van der Waals surface area contributed by atoms with Crippen molar-refractivity contribution in [3.8, 4) is 0 Å². The fraction of sp³-hybridized carbons (Fsp3) is 0.526. The molecule has 0 aromatic heterocycles. The Balaban J connectivity index is 1.96. The standard InChI is InChI=1S/C19H25ClN2O4/c1-11(2)16(22-17(23)14-5-3-4-6-15(14)20)18(24)21-13-9-7-12(8-10-13)19(25)26/h3-6,11-13,16H,7-10H2,1-2H3,(H,21,24)(H,22,23)(H,25,26). The van der Waals surface area contributed by atoms with Gasteiger partial charge in [-0.2, -0.15) is 0 Å². The van der Waals surface area contributed by atoms with Gasteiger partial charge in [-0.05, 0) is 43.7 Å². The minimum absolute atomic E-state index is 0.0587.